The smallest absolute Gasteiger partial charge is 0.337 e. The first-order valence-electron chi connectivity index (χ1n) is 7.12. The number of anilines is 1. The van der Waals surface area contributed by atoms with Gasteiger partial charge in [-0.15, -0.1) is 0 Å². The molecule has 0 radical (unpaired) electrons. The molecule has 0 aromatic heterocycles. The molecular weight excluding hydrogens is 292 g/mol. The SMILES string of the molecule is O=C(CCC1CCCCN1)Nc1ccc(Cl)cc1C(=O)O. The van der Waals surface area contributed by atoms with Gasteiger partial charge in [0.15, 0.2) is 0 Å². The molecule has 1 heterocycles. The van der Waals surface area contributed by atoms with Crippen molar-refractivity contribution in [3.63, 3.8) is 0 Å². The Balaban J connectivity index is 1.91. The fourth-order valence-electron chi connectivity index (χ4n) is 2.49. The van der Waals surface area contributed by atoms with Crippen molar-refractivity contribution in [2.75, 3.05) is 11.9 Å². The summed E-state index contributed by atoms with van der Waals surface area (Å²) in [6.07, 6.45) is 4.62. The van der Waals surface area contributed by atoms with Crippen molar-refractivity contribution in [3.05, 3.63) is 28.8 Å². The molecule has 21 heavy (non-hydrogen) atoms. The van der Waals surface area contributed by atoms with Crippen LogP contribution in [0.2, 0.25) is 5.02 Å². The standard InChI is InChI=1S/C15H19ClN2O3/c16-10-4-6-13(12(9-10)15(20)21)18-14(19)7-5-11-3-1-2-8-17-11/h4,6,9,11,17H,1-3,5,7-8H2,(H,18,19)(H,20,21). The molecule has 0 spiro atoms. The highest BCUT2D eigenvalue weighted by Crippen LogP contribution is 2.21. The molecule has 1 amide bonds. The highest BCUT2D eigenvalue weighted by atomic mass is 35.5. The second kappa shape index (κ2) is 7.43. The summed E-state index contributed by atoms with van der Waals surface area (Å²) in [4.78, 5) is 23.1. The van der Waals surface area contributed by atoms with Crippen LogP contribution in [-0.2, 0) is 4.79 Å². The maximum absolute atomic E-state index is 12.0. The van der Waals surface area contributed by atoms with E-state index in [1.807, 2.05) is 0 Å². The normalized spacial score (nSPS) is 18.2. The third-order valence-corrected chi connectivity index (χ3v) is 3.85. The summed E-state index contributed by atoms with van der Waals surface area (Å²) in [5, 5.41) is 15.5. The molecule has 6 heteroatoms. The summed E-state index contributed by atoms with van der Waals surface area (Å²) in [7, 11) is 0. The zero-order valence-electron chi connectivity index (χ0n) is 11.7. The number of aromatic carboxylic acids is 1. The van der Waals surface area contributed by atoms with Gasteiger partial charge in [-0.25, -0.2) is 4.79 Å². The monoisotopic (exact) mass is 310 g/mol. The Kier molecular flexibility index (Phi) is 5.59. The number of nitrogens with one attached hydrogen (secondary N) is 2. The van der Waals surface area contributed by atoms with Crippen LogP contribution in [0.4, 0.5) is 5.69 Å². The molecule has 0 aliphatic carbocycles. The van der Waals surface area contributed by atoms with Gasteiger partial charge in [0.1, 0.15) is 0 Å². The summed E-state index contributed by atoms with van der Waals surface area (Å²) in [5.74, 6) is -1.28. The Hall–Kier alpha value is -1.59. The second-order valence-corrected chi connectivity index (χ2v) is 5.67. The number of hydrogen-bond donors (Lipinski definition) is 3. The second-order valence-electron chi connectivity index (χ2n) is 5.23. The van der Waals surface area contributed by atoms with Crippen LogP contribution in [0.1, 0.15) is 42.5 Å². The molecular formula is C15H19ClN2O3. The zero-order chi connectivity index (χ0) is 15.2. The maximum Gasteiger partial charge on any atom is 0.337 e. The summed E-state index contributed by atoms with van der Waals surface area (Å²) >= 11 is 5.78. The minimum atomic E-state index is -1.11. The number of hydrogen-bond acceptors (Lipinski definition) is 3. The van der Waals surface area contributed by atoms with E-state index < -0.39 is 5.97 Å². The molecule has 1 aliphatic rings. The fourth-order valence-corrected chi connectivity index (χ4v) is 2.66. The highest BCUT2D eigenvalue weighted by molar-refractivity contribution is 6.31. The van der Waals surface area contributed by atoms with Gasteiger partial charge in [-0.2, -0.15) is 0 Å². The molecule has 3 N–H and O–H groups in total. The average molecular weight is 311 g/mol. The van der Waals surface area contributed by atoms with E-state index in [4.69, 9.17) is 16.7 Å². The van der Waals surface area contributed by atoms with Crippen LogP contribution in [0.3, 0.4) is 0 Å². The largest absolute Gasteiger partial charge is 0.478 e. The minimum absolute atomic E-state index is 0.00615. The van der Waals surface area contributed by atoms with Crippen molar-refractivity contribution in [2.45, 2.75) is 38.1 Å². The summed E-state index contributed by atoms with van der Waals surface area (Å²) in [6, 6.07) is 4.80. The lowest BCUT2D eigenvalue weighted by molar-refractivity contribution is -0.116. The molecule has 0 saturated carbocycles. The Morgan fingerprint density at radius 1 is 1.38 bits per heavy atom. The van der Waals surface area contributed by atoms with E-state index in [9.17, 15) is 9.59 Å². The van der Waals surface area contributed by atoms with E-state index in [1.54, 1.807) is 6.07 Å². The molecule has 2 rings (SSSR count). The number of carboxylic acids is 1. The lowest BCUT2D eigenvalue weighted by atomic mass is 10.0. The number of benzene rings is 1. The van der Waals surface area contributed by atoms with Crippen molar-refractivity contribution in [1.29, 1.82) is 0 Å². The maximum atomic E-state index is 12.0. The first kappa shape index (κ1) is 15.8. The van der Waals surface area contributed by atoms with Gasteiger partial charge in [-0.1, -0.05) is 18.0 Å². The van der Waals surface area contributed by atoms with Crippen LogP contribution >= 0.6 is 11.6 Å². The molecule has 5 nitrogen and oxygen atoms in total. The van der Waals surface area contributed by atoms with E-state index in [-0.39, 0.29) is 17.2 Å². The Labute approximate surface area is 128 Å². The molecule has 1 fully saturated rings. The van der Waals surface area contributed by atoms with E-state index in [0.29, 0.717) is 17.5 Å². The number of carbonyl (C=O) groups excluding carboxylic acids is 1. The molecule has 1 aromatic carbocycles. The highest BCUT2D eigenvalue weighted by Gasteiger charge is 2.16. The van der Waals surface area contributed by atoms with Gasteiger partial charge in [0.2, 0.25) is 5.91 Å². The zero-order valence-corrected chi connectivity index (χ0v) is 12.4. The summed E-state index contributed by atoms with van der Waals surface area (Å²) in [6.45, 7) is 1.01. The lowest BCUT2D eigenvalue weighted by Gasteiger charge is -2.23. The van der Waals surface area contributed by atoms with Gasteiger partial charge in [-0.05, 0) is 44.0 Å². The Morgan fingerprint density at radius 3 is 2.86 bits per heavy atom. The van der Waals surface area contributed by atoms with E-state index in [1.165, 1.54) is 25.0 Å². The first-order valence-corrected chi connectivity index (χ1v) is 7.50. The molecule has 1 atom stereocenters. The van der Waals surface area contributed by atoms with Crippen molar-refractivity contribution >= 4 is 29.2 Å². The van der Waals surface area contributed by atoms with E-state index in [2.05, 4.69) is 10.6 Å². The predicted octanol–water partition coefficient (Wildman–Crippen LogP) is 2.90. The number of amides is 1. The van der Waals surface area contributed by atoms with Crippen LogP contribution in [0, 0.1) is 0 Å². The number of carbonyl (C=O) groups is 2. The van der Waals surface area contributed by atoms with Crippen LogP contribution in [-0.4, -0.2) is 29.6 Å². The third-order valence-electron chi connectivity index (χ3n) is 3.62. The lowest BCUT2D eigenvalue weighted by Crippen LogP contribution is -2.34. The van der Waals surface area contributed by atoms with Gasteiger partial charge < -0.3 is 15.7 Å². The van der Waals surface area contributed by atoms with E-state index >= 15 is 0 Å². The Morgan fingerprint density at radius 2 is 2.19 bits per heavy atom. The molecule has 1 unspecified atom stereocenters. The van der Waals surface area contributed by atoms with Crippen molar-refractivity contribution in [2.24, 2.45) is 0 Å². The quantitative estimate of drug-likeness (QED) is 0.781. The van der Waals surface area contributed by atoms with Crippen molar-refractivity contribution < 1.29 is 14.7 Å². The number of rotatable bonds is 5. The number of carboxylic acid groups (broad SMARTS) is 1. The molecule has 1 saturated heterocycles. The van der Waals surface area contributed by atoms with Crippen LogP contribution in [0.15, 0.2) is 18.2 Å². The fraction of sp³-hybridized carbons (Fsp3) is 0.467. The molecule has 1 aliphatic heterocycles. The average Bonchev–Trinajstić information content (AvgIpc) is 2.48. The van der Waals surface area contributed by atoms with Crippen LogP contribution in [0.5, 0.6) is 0 Å². The van der Waals surface area contributed by atoms with Gasteiger partial charge >= 0.3 is 5.97 Å². The number of piperidine rings is 1. The number of halogens is 1. The first-order chi connectivity index (χ1) is 10.1. The molecule has 0 bridgehead atoms. The molecule has 114 valence electrons. The van der Waals surface area contributed by atoms with Gasteiger partial charge in [0.25, 0.3) is 0 Å². The topological polar surface area (TPSA) is 78.4 Å². The van der Waals surface area contributed by atoms with Crippen molar-refractivity contribution in [1.82, 2.24) is 5.32 Å². The van der Waals surface area contributed by atoms with Gasteiger partial charge in [0.05, 0.1) is 11.3 Å². The Bertz CT molecular complexity index is 528. The van der Waals surface area contributed by atoms with Crippen molar-refractivity contribution in [3.8, 4) is 0 Å². The minimum Gasteiger partial charge on any atom is -0.478 e. The van der Waals surface area contributed by atoms with E-state index in [0.717, 1.165) is 19.4 Å². The van der Waals surface area contributed by atoms with Crippen LogP contribution in [0.25, 0.3) is 0 Å². The summed E-state index contributed by atoms with van der Waals surface area (Å²) < 4.78 is 0. The molecule has 1 aromatic rings. The van der Waals surface area contributed by atoms with Gasteiger partial charge in [-0.3, -0.25) is 4.79 Å². The van der Waals surface area contributed by atoms with Gasteiger partial charge in [0, 0.05) is 17.5 Å². The third kappa shape index (κ3) is 4.72. The summed E-state index contributed by atoms with van der Waals surface area (Å²) in [5.41, 5.74) is 0.292. The van der Waals surface area contributed by atoms with Crippen LogP contribution < -0.4 is 10.6 Å². The predicted molar refractivity (Wildman–Crippen MR) is 81.9 cm³/mol.